The molecule has 0 radical (unpaired) electrons. The van der Waals surface area contributed by atoms with Gasteiger partial charge < -0.3 is 10.5 Å². The third kappa shape index (κ3) is 3.29. The van der Waals surface area contributed by atoms with Crippen molar-refractivity contribution in [2.75, 3.05) is 6.61 Å². The van der Waals surface area contributed by atoms with Crippen LogP contribution in [0.3, 0.4) is 0 Å². The Kier molecular flexibility index (Phi) is 4.89. The van der Waals surface area contributed by atoms with Gasteiger partial charge in [0, 0.05) is 24.4 Å². The van der Waals surface area contributed by atoms with Crippen molar-refractivity contribution in [3.8, 4) is 11.3 Å². The molecule has 1 fully saturated rings. The second-order valence-corrected chi connectivity index (χ2v) is 8.06. The number of guanidine groups is 1. The van der Waals surface area contributed by atoms with Crippen LogP contribution in [0.5, 0.6) is 0 Å². The SMILES string of the molecule is C[C@H]1C[C@@H](N2C(=O)C[C@@](C)(c3cccc(-c4ccn[nH]4)c3Cl)N=C2N)CCO1. The molecule has 0 bridgehead atoms. The second kappa shape index (κ2) is 7.22. The summed E-state index contributed by atoms with van der Waals surface area (Å²) in [5.74, 6) is 0.220. The van der Waals surface area contributed by atoms with Gasteiger partial charge in [0.05, 0.1) is 28.8 Å². The predicted molar refractivity (Wildman–Crippen MR) is 108 cm³/mol. The molecule has 4 rings (SSSR count). The lowest BCUT2D eigenvalue weighted by Crippen LogP contribution is -2.56. The Labute approximate surface area is 168 Å². The van der Waals surface area contributed by atoms with E-state index in [1.807, 2.05) is 38.1 Å². The first-order chi connectivity index (χ1) is 13.4. The molecule has 28 heavy (non-hydrogen) atoms. The zero-order chi connectivity index (χ0) is 19.9. The second-order valence-electron chi connectivity index (χ2n) is 7.68. The number of halogens is 1. The van der Waals surface area contributed by atoms with Crippen LogP contribution in [-0.4, -0.2) is 45.7 Å². The molecular weight excluding hydrogens is 378 g/mol. The zero-order valence-corrected chi connectivity index (χ0v) is 16.7. The van der Waals surface area contributed by atoms with E-state index in [4.69, 9.17) is 27.1 Å². The topological polar surface area (TPSA) is 96.6 Å². The Morgan fingerprint density at radius 2 is 2.21 bits per heavy atom. The fourth-order valence-electron chi connectivity index (χ4n) is 4.17. The number of ether oxygens (including phenoxy) is 1. The molecule has 3 atom stereocenters. The van der Waals surface area contributed by atoms with Gasteiger partial charge in [0.1, 0.15) is 0 Å². The highest BCUT2D eigenvalue weighted by atomic mass is 35.5. The third-order valence-electron chi connectivity index (χ3n) is 5.56. The number of rotatable bonds is 3. The van der Waals surface area contributed by atoms with Crippen LogP contribution in [0.1, 0.15) is 38.7 Å². The van der Waals surface area contributed by atoms with E-state index in [1.54, 1.807) is 11.1 Å². The van der Waals surface area contributed by atoms with Crippen molar-refractivity contribution in [1.82, 2.24) is 15.1 Å². The molecule has 1 aromatic carbocycles. The third-order valence-corrected chi connectivity index (χ3v) is 5.97. The molecule has 8 heteroatoms. The van der Waals surface area contributed by atoms with Crippen LogP contribution < -0.4 is 5.73 Å². The molecule has 0 unspecified atom stereocenters. The van der Waals surface area contributed by atoms with Gasteiger partial charge >= 0.3 is 0 Å². The molecule has 3 heterocycles. The Morgan fingerprint density at radius 1 is 1.39 bits per heavy atom. The van der Waals surface area contributed by atoms with Gasteiger partial charge in [-0.3, -0.25) is 14.8 Å². The van der Waals surface area contributed by atoms with Gasteiger partial charge in [-0.05, 0) is 38.3 Å². The number of carbonyl (C=O) groups is 1. The number of hydrogen-bond acceptors (Lipinski definition) is 5. The van der Waals surface area contributed by atoms with Crippen LogP contribution in [0.25, 0.3) is 11.3 Å². The highest BCUT2D eigenvalue weighted by molar-refractivity contribution is 6.34. The van der Waals surface area contributed by atoms with Gasteiger partial charge in [-0.25, -0.2) is 4.99 Å². The van der Waals surface area contributed by atoms with Gasteiger partial charge in [0.15, 0.2) is 5.96 Å². The average molecular weight is 402 g/mol. The van der Waals surface area contributed by atoms with Crippen LogP contribution in [0, 0.1) is 0 Å². The number of hydrogen-bond donors (Lipinski definition) is 2. The van der Waals surface area contributed by atoms with Crippen molar-refractivity contribution >= 4 is 23.5 Å². The number of H-pyrrole nitrogens is 1. The van der Waals surface area contributed by atoms with Crippen LogP contribution in [0.15, 0.2) is 35.5 Å². The van der Waals surface area contributed by atoms with E-state index >= 15 is 0 Å². The molecule has 0 spiro atoms. The maximum atomic E-state index is 13.1. The molecule has 1 amide bonds. The number of aliphatic imine (C=N–C) groups is 1. The first-order valence-electron chi connectivity index (χ1n) is 9.47. The van der Waals surface area contributed by atoms with Gasteiger partial charge in [-0.1, -0.05) is 29.8 Å². The maximum absolute atomic E-state index is 13.1. The van der Waals surface area contributed by atoms with Crippen LogP contribution in [-0.2, 0) is 15.1 Å². The highest BCUT2D eigenvalue weighted by Crippen LogP contribution is 2.41. The summed E-state index contributed by atoms with van der Waals surface area (Å²) in [5, 5.41) is 7.46. The Balaban J connectivity index is 1.70. The van der Waals surface area contributed by atoms with Crippen molar-refractivity contribution < 1.29 is 9.53 Å². The lowest BCUT2D eigenvalue weighted by atomic mass is 9.85. The quantitative estimate of drug-likeness (QED) is 0.825. The van der Waals surface area contributed by atoms with Crippen molar-refractivity contribution in [2.45, 2.75) is 50.8 Å². The number of carbonyl (C=O) groups excluding carboxylic acids is 1. The summed E-state index contributed by atoms with van der Waals surface area (Å²) in [6.07, 6.45) is 3.51. The largest absolute Gasteiger partial charge is 0.378 e. The summed E-state index contributed by atoms with van der Waals surface area (Å²) >= 11 is 6.72. The lowest BCUT2D eigenvalue weighted by molar-refractivity contribution is -0.133. The van der Waals surface area contributed by atoms with Crippen molar-refractivity contribution in [1.29, 1.82) is 0 Å². The minimum absolute atomic E-state index is 0.0244. The summed E-state index contributed by atoms with van der Waals surface area (Å²) in [6.45, 7) is 4.54. The highest BCUT2D eigenvalue weighted by Gasteiger charge is 2.42. The van der Waals surface area contributed by atoms with Gasteiger partial charge in [-0.15, -0.1) is 0 Å². The van der Waals surface area contributed by atoms with E-state index in [-0.39, 0.29) is 30.4 Å². The number of nitrogens with one attached hydrogen (secondary N) is 1. The fraction of sp³-hybridized carbons (Fsp3) is 0.450. The first kappa shape index (κ1) is 19.0. The molecule has 3 N–H and O–H groups in total. The van der Waals surface area contributed by atoms with E-state index < -0.39 is 5.54 Å². The van der Waals surface area contributed by atoms with Gasteiger partial charge in [0.25, 0.3) is 0 Å². The minimum Gasteiger partial charge on any atom is -0.378 e. The van der Waals surface area contributed by atoms with Gasteiger partial charge in [-0.2, -0.15) is 5.10 Å². The zero-order valence-electron chi connectivity index (χ0n) is 16.0. The predicted octanol–water partition coefficient (Wildman–Crippen LogP) is 3.06. The molecule has 2 aromatic rings. The lowest BCUT2D eigenvalue weighted by Gasteiger charge is -2.41. The van der Waals surface area contributed by atoms with Crippen LogP contribution in [0.2, 0.25) is 5.02 Å². The number of benzene rings is 1. The summed E-state index contributed by atoms with van der Waals surface area (Å²) in [7, 11) is 0. The number of aromatic amines is 1. The maximum Gasteiger partial charge on any atom is 0.232 e. The number of amides is 1. The van der Waals surface area contributed by atoms with Crippen molar-refractivity contribution in [3.05, 3.63) is 41.0 Å². The molecule has 7 nitrogen and oxygen atoms in total. The van der Waals surface area contributed by atoms with Crippen LogP contribution >= 0.6 is 11.6 Å². The Morgan fingerprint density at radius 3 is 2.89 bits per heavy atom. The molecule has 2 aliphatic heterocycles. The fourth-order valence-corrected chi connectivity index (χ4v) is 4.60. The van der Waals surface area contributed by atoms with Gasteiger partial charge in [0.2, 0.25) is 5.91 Å². The Hall–Kier alpha value is -2.38. The number of nitrogens with two attached hydrogens (primary N) is 1. The number of nitrogens with zero attached hydrogens (tertiary/aromatic N) is 3. The van der Waals surface area contributed by atoms with Crippen molar-refractivity contribution in [2.24, 2.45) is 10.7 Å². The van der Waals surface area contributed by atoms with E-state index in [0.717, 1.165) is 29.7 Å². The van der Waals surface area contributed by atoms with Crippen LogP contribution in [0.4, 0.5) is 0 Å². The summed E-state index contributed by atoms with van der Waals surface area (Å²) in [5.41, 5.74) is 7.89. The molecule has 0 saturated carbocycles. The minimum atomic E-state index is -0.818. The average Bonchev–Trinajstić information content (AvgIpc) is 3.15. The molecule has 1 saturated heterocycles. The van der Waals surface area contributed by atoms with E-state index in [9.17, 15) is 4.79 Å². The summed E-state index contributed by atoms with van der Waals surface area (Å²) < 4.78 is 5.60. The molecule has 2 aliphatic rings. The standard InChI is InChI=1S/C20H24ClN5O2/c1-12-10-13(7-9-28-12)26-17(27)11-20(2,24-19(26)22)15-5-3-4-14(18(15)21)16-6-8-23-25-16/h3-6,8,12-13H,7,9-11H2,1-2H3,(H2,22,24)(H,23,25)/t12-,13-,20-/m0/s1. The monoisotopic (exact) mass is 401 g/mol. The molecular formula is C20H24ClN5O2. The number of aromatic nitrogens is 2. The normalized spacial score (nSPS) is 28.3. The molecule has 148 valence electrons. The summed E-state index contributed by atoms with van der Waals surface area (Å²) in [6, 6.07) is 7.60. The Bertz CT molecular complexity index is 913. The first-order valence-corrected chi connectivity index (χ1v) is 9.84. The van der Waals surface area contributed by atoms with E-state index in [1.165, 1.54) is 0 Å². The molecule has 1 aromatic heterocycles. The summed E-state index contributed by atoms with van der Waals surface area (Å²) in [4.78, 5) is 19.5. The van der Waals surface area contributed by atoms with E-state index in [2.05, 4.69) is 10.2 Å². The van der Waals surface area contributed by atoms with E-state index in [0.29, 0.717) is 11.6 Å². The van der Waals surface area contributed by atoms with Crippen molar-refractivity contribution in [3.63, 3.8) is 0 Å². The molecule has 0 aliphatic carbocycles. The smallest absolute Gasteiger partial charge is 0.232 e.